The monoisotopic (exact) mass is 738 g/mol. The van der Waals surface area contributed by atoms with E-state index in [1.807, 2.05) is 0 Å². The molecule has 0 radical (unpaired) electrons. The quantitative estimate of drug-likeness (QED) is 0.0810. The van der Waals surface area contributed by atoms with Gasteiger partial charge in [-0.1, -0.05) is 157 Å². The lowest BCUT2D eigenvalue weighted by molar-refractivity contribution is 0.346. The number of para-hydroxylation sites is 2. The van der Waals surface area contributed by atoms with E-state index in [1.54, 1.807) is 0 Å². The summed E-state index contributed by atoms with van der Waals surface area (Å²) >= 11 is 0. The molecular weight excluding hydrogens is 677 g/mol. The first-order valence-corrected chi connectivity index (χ1v) is 21.8. The highest BCUT2D eigenvalue weighted by Gasteiger charge is 2.36. The number of anilines is 6. The molecule has 6 aromatic rings. The SMILES string of the molecule is CCCCCCc1ccc(N(c2ccccc2)c2ccc(C3(c4ccc(N(c5ccccc5)c5ccc(CCCCCC)cc5)cc4)CCCCC3)cc2)cc1. The Balaban J connectivity index is 1.16. The molecule has 1 aliphatic carbocycles. The zero-order valence-corrected chi connectivity index (χ0v) is 34.0. The van der Waals surface area contributed by atoms with Crippen LogP contribution in [-0.4, -0.2) is 0 Å². The molecule has 0 amide bonds. The van der Waals surface area contributed by atoms with Crippen molar-refractivity contribution in [1.29, 1.82) is 0 Å². The molecule has 0 aromatic heterocycles. The minimum absolute atomic E-state index is 0.00329. The summed E-state index contributed by atoms with van der Waals surface area (Å²) in [5.41, 5.74) is 12.9. The van der Waals surface area contributed by atoms with Crippen LogP contribution in [0.4, 0.5) is 34.1 Å². The molecule has 0 aliphatic heterocycles. The fourth-order valence-corrected chi connectivity index (χ4v) is 8.94. The van der Waals surface area contributed by atoms with Crippen LogP contribution in [0, 0.1) is 0 Å². The predicted molar refractivity (Wildman–Crippen MR) is 242 cm³/mol. The summed E-state index contributed by atoms with van der Waals surface area (Å²) in [5, 5.41) is 0. The van der Waals surface area contributed by atoms with Crippen molar-refractivity contribution < 1.29 is 0 Å². The van der Waals surface area contributed by atoms with Crippen LogP contribution in [0.2, 0.25) is 0 Å². The van der Waals surface area contributed by atoms with Crippen LogP contribution in [0.3, 0.4) is 0 Å². The van der Waals surface area contributed by atoms with E-state index in [-0.39, 0.29) is 5.41 Å². The number of nitrogens with zero attached hydrogens (tertiary/aromatic N) is 2. The maximum atomic E-state index is 2.42. The van der Waals surface area contributed by atoms with E-state index in [2.05, 4.69) is 181 Å². The Morgan fingerprint density at radius 2 is 0.696 bits per heavy atom. The van der Waals surface area contributed by atoms with Crippen molar-refractivity contribution in [2.24, 2.45) is 0 Å². The van der Waals surface area contributed by atoms with Gasteiger partial charge in [-0.2, -0.15) is 0 Å². The first kappa shape index (κ1) is 39.2. The zero-order chi connectivity index (χ0) is 38.4. The highest BCUT2D eigenvalue weighted by molar-refractivity contribution is 5.78. The van der Waals surface area contributed by atoms with E-state index < -0.39 is 0 Å². The van der Waals surface area contributed by atoms with Crippen LogP contribution in [0.5, 0.6) is 0 Å². The van der Waals surface area contributed by atoms with Gasteiger partial charge in [-0.05, 0) is 134 Å². The highest BCUT2D eigenvalue weighted by atomic mass is 15.1. The summed E-state index contributed by atoms with van der Waals surface area (Å²) in [6.07, 6.45) is 18.8. The molecule has 0 spiro atoms. The van der Waals surface area contributed by atoms with Gasteiger partial charge >= 0.3 is 0 Å². The van der Waals surface area contributed by atoms with Crippen LogP contribution in [0.1, 0.15) is 120 Å². The summed E-state index contributed by atoms with van der Waals surface area (Å²) in [6, 6.07) is 59.3. The molecule has 0 bridgehead atoms. The smallest absolute Gasteiger partial charge is 0.0461 e. The molecular formula is C54H62N2. The molecule has 0 unspecified atom stereocenters. The molecule has 288 valence electrons. The molecule has 7 rings (SSSR count). The lowest BCUT2D eigenvalue weighted by Gasteiger charge is -2.39. The van der Waals surface area contributed by atoms with Gasteiger partial charge in [0.25, 0.3) is 0 Å². The number of hydrogen-bond donors (Lipinski definition) is 0. The standard InChI is InChI=1S/C54H62N2/c1-3-5-7-12-20-44-26-34-50(35-27-44)55(48-22-14-9-15-23-48)52-38-30-46(31-39-52)54(42-18-11-19-43-54)47-32-40-53(41-33-47)56(49-24-16-10-17-25-49)51-36-28-45(29-37-51)21-13-8-6-4-2/h9-10,14-17,22-41H,3-8,11-13,18-21,42-43H2,1-2H3. The van der Waals surface area contributed by atoms with Gasteiger partial charge in [-0.25, -0.2) is 0 Å². The van der Waals surface area contributed by atoms with Crippen molar-refractivity contribution in [2.75, 3.05) is 9.80 Å². The maximum absolute atomic E-state index is 2.42. The van der Waals surface area contributed by atoms with Crippen LogP contribution >= 0.6 is 0 Å². The lowest BCUT2D eigenvalue weighted by Crippen LogP contribution is -2.30. The Labute approximate surface area is 338 Å². The summed E-state index contributed by atoms with van der Waals surface area (Å²) in [4.78, 5) is 4.81. The van der Waals surface area contributed by atoms with E-state index in [9.17, 15) is 0 Å². The van der Waals surface area contributed by atoms with E-state index >= 15 is 0 Å². The van der Waals surface area contributed by atoms with Crippen LogP contribution < -0.4 is 9.80 Å². The van der Waals surface area contributed by atoms with Gasteiger partial charge in [0.2, 0.25) is 0 Å². The Morgan fingerprint density at radius 1 is 0.357 bits per heavy atom. The van der Waals surface area contributed by atoms with E-state index in [1.165, 1.54) is 140 Å². The second kappa shape index (κ2) is 19.7. The fraction of sp³-hybridized carbons (Fsp3) is 0.333. The molecule has 1 saturated carbocycles. The molecule has 2 nitrogen and oxygen atoms in total. The molecule has 0 atom stereocenters. The largest absolute Gasteiger partial charge is 0.311 e. The number of unbranched alkanes of at least 4 members (excludes halogenated alkanes) is 6. The Kier molecular flexibility index (Phi) is 13.8. The minimum Gasteiger partial charge on any atom is -0.311 e. The van der Waals surface area contributed by atoms with Crippen LogP contribution in [0.15, 0.2) is 158 Å². The number of rotatable bonds is 18. The molecule has 1 aliphatic rings. The maximum Gasteiger partial charge on any atom is 0.0461 e. The first-order valence-electron chi connectivity index (χ1n) is 21.8. The zero-order valence-electron chi connectivity index (χ0n) is 34.0. The van der Waals surface area contributed by atoms with Crippen molar-refractivity contribution in [3.8, 4) is 0 Å². The molecule has 6 aromatic carbocycles. The number of aryl methyl sites for hydroxylation is 2. The van der Waals surface area contributed by atoms with E-state index in [0.29, 0.717) is 0 Å². The molecule has 0 N–H and O–H groups in total. The third-order valence-corrected chi connectivity index (χ3v) is 12.1. The van der Waals surface area contributed by atoms with Crippen LogP contribution in [0.25, 0.3) is 0 Å². The van der Waals surface area contributed by atoms with Gasteiger partial charge in [0, 0.05) is 39.5 Å². The van der Waals surface area contributed by atoms with Gasteiger partial charge in [-0.15, -0.1) is 0 Å². The fourth-order valence-electron chi connectivity index (χ4n) is 8.94. The van der Waals surface area contributed by atoms with Gasteiger partial charge in [0.1, 0.15) is 0 Å². The summed E-state index contributed by atoms with van der Waals surface area (Å²) < 4.78 is 0. The topological polar surface area (TPSA) is 6.48 Å². The Hall–Kier alpha value is -5.08. The molecule has 2 heteroatoms. The lowest BCUT2D eigenvalue weighted by atomic mass is 9.65. The van der Waals surface area contributed by atoms with Crippen molar-refractivity contribution in [3.63, 3.8) is 0 Å². The van der Waals surface area contributed by atoms with Crippen molar-refractivity contribution in [2.45, 2.75) is 116 Å². The summed E-state index contributed by atoms with van der Waals surface area (Å²) in [6.45, 7) is 4.56. The van der Waals surface area contributed by atoms with Gasteiger partial charge in [-0.3, -0.25) is 0 Å². The average Bonchev–Trinajstić information content (AvgIpc) is 3.27. The Bertz CT molecular complexity index is 1860. The molecule has 0 heterocycles. The van der Waals surface area contributed by atoms with E-state index in [0.717, 1.165) is 12.8 Å². The Morgan fingerprint density at radius 3 is 1.05 bits per heavy atom. The van der Waals surface area contributed by atoms with Crippen LogP contribution in [-0.2, 0) is 18.3 Å². The van der Waals surface area contributed by atoms with Crippen molar-refractivity contribution >= 4 is 34.1 Å². The summed E-state index contributed by atoms with van der Waals surface area (Å²) in [7, 11) is 0. The molecule has 56 heavy (non-hydrogen) atoms. The first-order chi connectivity index (χ1) is 27.7. The van der Waals surface area contributed by atoms with Gasteiger partial charge in [0.15, 0.2) is 0 Å². The molecule has 1 fully saturated rings. The summed E-state index contributed by atoms with van der Waals surface area (Å²) in [5.74, 6) is 0. The van der Waals surface area contributed by atoms with E-state index in [4.69, 9.17) is 0 Å². The average molecular weight is 739 g/mol. The van der Waals surface area contributed by atoms with Crippen molar-refractivity contribution in [1.82, 2.24) is 0 Å². The third kappa shape index (κ3) is 9.47. The molecule has 0 saturated heterocycles. The second-order valence-electron chi connectivity index (χ2n) is 16.0. The normalized spacial score (nSPS) is 13.7. The van der Waals surface area contributed by atoms with Crippen molar-refractivity contribution in [3.05, 3.63) is 180 Å². The predicted octanol–water partition coefficient (Wildman–Crippen LogP) is 16.1. The second-order valence-corrected chi connectivity index (χ2v) is 16.0. The number of benzene rings is 6. The minimum atomic E-state index is 0.00329. The third-order valence-electron chi connectivity index (χ3n) is 12.1. The van der Waals surface area contributed by atoms with Gasteiger partial charge < -0.3 is 9.80 Å². The van der Waals surface area contributed by atoms with Gasteiger partial charge in [0.05, 0.1) is 0 Å². The highest BCUT2D eigenvalue weighted by Crippen LogP contribution is 2.47. The number of hydrogen-bond acceptors (Lipinski definition) is 2.